The fourth-order valence-corrected chi connectivity index (χ4v) is 1.57. The number of aliphatic hydroxyl groups is 1. The second-order valence-electron chi connectivity index (χ2n) is 3.31. The molecular weight excluding hydrogens is 150 g/mol. The average molecular weight is 164 g/mol. The first-order chi connectivity index (χ1) is 5.14. The maximum atomic E-state index is 12.6. The molecule has 1 saturated carbocycles. The van der Waals surface area contributed by atoms with E-state index < -0.39 is 5.92 Å². The number of alkyl halides is 2. The van der Waals surface area contributed by atoms with Crippen molar-refractivity contribution < 1.29 is 13.9 Å². The van der Waals surface area contributed by atoms with Gasteiger partial charge < -0.3 is 5.11 Å². The highest BCUT2D eigenvalue weighted by Gasteiger charge is 2.34. The van der Waals surface area contributed by atoms with Gasteiger partial charge in [0.25, 0.3) is 0 Å². The predicted octanol–water partition coefficient (Wildman–Crippen LogP) is 2.19. The molecule has 0 amide bonds. The van der Waals surface area contributed by atoms with Gasteiger partial charge in [0.15, 0.2) is 0 Å². The molecule has 0 heterocycles. The van der Waals surface area contributed by atoms with Gasteiger partial charge >= 0.3 is 0 Å². The fraction of sp³-hybridized carbons (Fsp3) is 1.00. The van der Waals surface area contributed by atoms with Gasteiger partial charge in [0.05, 0.1) is 0 Å². The summed E-state index contributed by atoms with van der Waals surface area (Å²) in [5.41, 5.74) is 0. The summed E-state index contributed by atoms with van der Waals surface area (Å²) < 4.78 is 25.1. The summed E-state index contributed by atoms with van der Waals surface area (Å²) in [7, 11) is 0. The van der Waals surface area contributed by atoms with Crippen molar-refractivity contribution in [2.45, 2.75) is 38.0 Å². The average Bonchev–Trinajstić information content (AvgIpc) is 1.94. The van der Waals surface area contributed by atoms with Crippen LogP contribution >= 0.6 is 0 Å². The number of halogens is 2. The summed E-state index contributed by atoms with van der Waals surface area (Å²) >= 11 is 0. The zero-order chi connectivity index (χ0) is 8.32. The van der Waals surface area contributed by atoms with Gasteiger partial charge in [0.2, 0.25) is 5.92 Å². The highest BCUT2D eigenvalue weighted by Crippen LogP contribution is 2.37. The molecule has 1 aliphatic rings. The molecule has 0 aromatic carbocycles. The lowest BCUT2D eigenvalue weighted by atomic mass is 9.85. The molecule has 1 aliphatic carbocycles. The van der Waals surface area contributed by atoms with Gasteiger partial charge in [-0.1, -0.05) is 0 Å². The van der Waals surface area contributed by atoms with Gasteiger partial charge in [-0.15, -0.1) is 0 Å². The highest BCUT2D eigenvalue weighted by atomic mass is 19.3. The summed E-state index contributed by atoms with van der Waals surface area (Å²) in [6, 6.07) is 0. The SMILES string of the molecule is OCCC1CCC(F)(F)CC1. The molecule has 0 radical (unpaired) electrons. The highest BCUT2D eigenvalue weighted by molar-refractivity contribution is 4.77. The van der Waals surface area contributed by atoms with Gasteiger partial charge in [-0.05, 0) is 25.2 Å². The van der Waals surface area contributed by atoms with Gasteiger partial charge in [0, 0.05) is 19.4 Å². The Balaban J connectivity index is 2.25. The van der Waals surface area contributed by atoms with E-state index in [1.807, 2.05) is 0 Å². The van der Waals surface area contributed by atoms with Crippen LogP contribution in [-0.4, -0.2) is 17.6 Å². The standard InChI is InChI=1S/C8H14F2O/c9-8(10)4-1-7(2-5-8)3-6-11/h7,11H,1-6H2. The summed E-state index contributed by atoms with van der Waals surface area (Å²) in [5.74, 6) is -2.09. The Hall–Kier alpha value is -0.180. The molecule has 0 aromatic rings. The van der Waals surface area contributed by atoms with E-state index in [9.17, 15) is 8.78 Å². The van der Waals surface area contributed by atoms with Crippen molar-refractivity contribution in [3.05, 3.63) is 0 Å². The van der Waals surface area contributed by atoms with Crippen molar-refractivity contribution in [2.24, 2.45) is 5.92 Å². The third-order valence-corrected chi connectivity index (χ3v) is 2.37. The number of hydrogen-bond donors (Lipinski definition) is 1. The second-order valence-corrected chi connectivity index (χ2v) is 3.31. The lowest BCUT2D eigenvalue weighted by molar-refractivity contribution is -0.0477. The Morgan fingerprint density at radius 3 is 2.27 bits per heavy atom. The zero-order valence-electron chi connectivity index (χ0n) is 6.52. The Morgan fingerprint density at radius 2 is 1.82 bits per heavy atom. The number of hydrogen-bond acceptors (Lipinski definition) is 1. The van der Waals surface area contributed by atoms with Crippen molar-refractivity contribution in [1.29, 1.82) is 0 Å². The topological polar surface area (TPSA) is 20.2 Å². The predicted molar refractivity (Wildman–Crippen MR) is 38.6 cm³/mol. The summed E-state index contributed by atoms with van der Waals surface area (Å²) in [6.45, 7) is 0.135. The monoisotopic (exact) mass is 164 g/mol. The summed E-state index contributed by atoms with van der Waals surface area (Å²) in [5, 5.41) is 8.56. The van der Waals surface area contributed by atoms with Crippen LogP contribution < -0.4 is 0 Å². The number of aliphatic hydroxyl groups excluding tert-OH is 1. The molecule has 66 valence electrons. The van der Waals surface area contributed by atoms with Crippen LogP contribution in [0.5, 0.6) is 0 Å². The quantitative estimate of drug-likeness (QED) is 0.663. The van der Waals surface area contributed by atoms with Crippen molar-refractivity contribution in [2.75, 3.05) is 6.61 Å². The van der Waals surface area contributed by atoms with Crippen LogP contribution in [0.1, 0.15) is 32.1 Å². The van der Waals surface area contributed by atoms with Gasteiger partial charge in [-0.3, -0.25) is 0 Å². The van der Waals surface area contributed by atoms with Crippen LogP contribution in [0.2, 0.25) is 0 Å². The third-order valence-electron chi connectivity index (χ3n) is 2.37. The van der Waals surface area contributed by atoms with Gasteiger partial charge in [-0.2, -0.15) is 0 Å². The molecule has 0 saturated heterocycles. The van der Waals surface area contributed by atoms with Crippen LogP contribution in [0.4, 0.5) is 8.78 Å². The second kappa shape index (κ2) is 3.48. The molecule has 0 aliphatic heterocycles. The van der Waals surface area contributed by atoms with E-state index in [0.29, 0.717) is 25.2 Å². The molecule has 0 atom stereocenters. The van der Waals surface area contributed by atoms with Crippen molar-refractivity contribution in [1.82, 2.24) is 0 Å². The molecule has 1 rings (SSSR count). The first-order valence-corrected chi connectivity index (χ1v) is 4.13. The molecule has 3 heteroatoms. The van der Waals surface area contributed by atoms with Gasteiger partial charge in [-0.25, -0.2) is 8.78 Å². The zero-order valence-corrected chi connectivity index (χ0v) is 6.52. The van der Waals surface area contributed by atoms with E-state index >= 15 is 0 Å². The maximum absolute atomic E-state index is 12.6. The van der Waals surface area contributed by atoms with E-state index in [1.54, 1.807) is 0 Å². The number of rotatable bonds is 2. The summed E-state index contributed by atoms with van der Waals surface area (Å²) in [4.78, 5) is 0. The normalized spacial score (nSPS) is 25.4. The molecule has 1 N–H and O–H groups in total. The van der Waals surface area contributed by atoms with Crippen LogP contribution in [0.3, 0.4) is 0 Å². The lowest BCUT2D eigenvalue weighted by Crippen LogP contribution is -2.24. The van der Waals surface area contributed by atoms with E-state index in [4.69, 9.17) is 5.11 Å². The largest absolute Gasteiger partial charge is 0.396 e. The first kappa shape index (κ1) is 8.91. The van der Waals surface area contributed by atoms with Crippen molar-refractivity contribution >= 4 is 0 Å². The smallest absolute Gasteiger partial charge is 0.248 e. The van der Waals surface area contributed by atoms with Crippen molar-refractivity contribution in [3.8, 4) is 0 Å². The molecule has 0 spiro atoms. The minimum absolute atomic E-state index is 0.0116. The lowest BCUT2D eigenvalue weighted by Gasteiger charge is -2.27. The third kappa shape index (κ3) is 2.73. The summed E-state index contributed by atoms with van der Waals surface area (Å²) in [6.07, 6.45) is 1.87. The van der Waals surface area contributed by atoms with E-state index in [1.165, 1.54) is 0 Å². The molecule has 0 aromatic heterocycles. The minimum atomic E-state index is -2.42. The Kier molecular flexibility index (Phi) is 2.82. The Morgan fingerprint density at radius 1 is 1.27 bits per heavy atom. The van der Waals surface area contributed by atoms with E-state index in [-0.39, 0.29) is 19.4 Å². The Labute approximate surface area is 65.4 Å². The van der Waals surface area contributed by atoms with Crippen LogP contribution in [0, 0.1) is 5.92 Å². The molecule has 11 heavy (non-hydrogen) atoms. The molecule has 1 nitrogen and oxygen atoms in total. The van der Waals surface area contributed by atoms with E-state index in [2.05, 4.69) is 0 Å². The Bertz CT molecular complexity index is 115. The molecule has 0 bridgehead atoms. The molecule has 1 fully saturated rings. The van der Waals surface area contributed by atoms with Crippen LogP contribution in [-0.2, 0) is 0 Å². The molecular formula is C8H14F2O. The first-order valence-electron chi connectivity index (χ1n) is 4.13. The fourth-order valence-electron chi connectivity index (χ4n) is 1.57. The maximum Gasteiger partial charge on any atom is 0.248 e. The minimum Gasteiger partial charge on any atom is -0.396 e. The van der Waals surface area contributed by atoms with E-state index in [0.717, 1.165) is 0 Å². The van der Waals surface area contributed by atoms with Gasteiger partial charge in [0.1, 0.15) is 0 Å². The van der Waals surface area contributed by atoms with Crippen LogP contribution in [0.15, 0.2) is 0 Å². The van der Waals surface area contributed by atoms with Crippen molar-refractivity contribution in [3.63, 3.8) is 0 Å². The molecule has 0 unspecified atom stereocenters. The van der Waals surface area contributed by atoms with Crippen LogP contribution in [0.25, 0.3) is 0 Å².